The molecule has 4 aromatic rings. The Morgan fingerprint density at radius 2 is 1.64 bits per heavy atom. The minimum Gasteiger partial charge on any atom is -0.465 e. The molecule has 2 amide bonds. The highest BCUT2D eigenvalue weighted by atomic mass is 32.2. The van der Waals surface area contributed by atoms with Crippen LogP contribution in [0.3, 0.4) is 0 Å². The number of hydrogen-bond acceptors (Lipinski definition) is 6. The first-order chi connectivity index (χ1) is 19.9. The molecule has 1 saturated heterocycles. The molecular weight excluding hydrogens is 554 g/mol. The molecule has 1 aliphatic heterocycles. The monoisotopic (exact) mass is 587 g/mol. The van der Waals surface area contributed by atoms with E-state index in [4.69, 9.17) is 4.74 Å². The van der Waals surface area contributed by atoms with Gasteiger partial charge in [-0.25, -0.2) is 18.1 Å². The average Bonchev–Trinajstić information content (AvgIpc) is 3.51. The second kappa shape index (κ2) is 11.2. The molecular formula is C32H33N3O6S. The molecule has 2 heterocycles. The predicted molar refractivity (Wildman–Crippen MR) is 160 cm³/mol. The van der Waals surface area contributed by atoms with Gasteiger partial charge in [-0.3, -0.25) is 9.59 Å². The third-order valence-corrected chi connectivity index (χ3v) is 10.3. The smallest absolute Gasteiger partial charge is 0.337 e. The van der Waals surface area contributed by atoms with Crippen molar-refractivity contribution >= 4 is 44.4 Å². The molecule has 0 spiro atoms. The molecule has 1 N–H and O–H groups in total. The maximum absolute atomic E-state index is 14.5. The third kappa shape index (κ3) is 5.01. The van der Waals surface area contributed by atoms with Crippen molar-refractivity contribution in [2.24, 2.45) is 0 Å². The van der Waals surface area contributed by atoms with Gasteiger partial charge in [-0.2, -0.15) is 4.31 Å². The van der Waals surface area contributed by atoms with E-state index in [0.717, 1.165) is 32.5 Å². The van der Waals surface area contributed by atoms with Gasteiger partial charge in [-0.15, -0.1) is 0 Å². The van der Waals surface area contributed by atoms with Gasteiger partial charge in [0.2, 0.25) is 15.9 Å². The predicted octanol–water partition coefficient (Wildman–Crippen LogP) is 4.75. The molecule has 10 heteroatoms. The quantitative estimate of drug-likeness (QED) is 0.235. The number of hydrogen-bond donors (Lipinski definition) is 1. The lowest BCUT2D eigenvalue weighted by Gasteiger charge is -2.29. The Bertz CT molecular complexity index is 1800. The normalized spacial score (nSPS) is 15.7. The Morgan fingerprint density at radius 3 is 2.29 bits per heavy atom. The topological polar surface area (TPSA) is 117 Å². The lowest BCUT2D eigenvalue weighted by molar-refractivity contribution is -0.122. The molecule has 218 valence electrons. The van der Waals surface area contributed by atoms with Crippen LogP contribution in [0.15, 0.2) is 65.7 Å². The number of nitrogens with zero attached hydrogens (tertiary/aromatic N) is 2. The van der Waals surface area contributed by atoms with Crippen LogP contribution in [0.4, 0.5) is 5.69 Å². The summed E-state index contributed by atoms with van der Waals surface area (Å²) < 4.78 is 35.0. The number of para-hydroxylation sites is 1. The van der Waals surface area contributed by atoms with E-state index in [2.05, 4.69) is 4.98 Å². The lowest BCUT2D eigenvalue weighted by Crippen LogP contribution is -2.46. The average molecular weight is 588 g/mol. The third-order valence-electron chi connectivity index (χ3n) is 8.16. The lowest BCUT2D eigenvalue weighted by atomic mass is 10.0. The van der Waals surface area contributed by atoms with Gasteiger partial charge in [0.25, 0.3) is 5.91 Å². The summed E-state index contributed by atoms with van der Waals surface area (Å²) in [6, 6.07) is 14.3. The van der Waals surface area contributed by atoms with Crippen LogP contribution in [0.5, 0.6) is 0 Å². The van der Waals surface area contributed by atoms with Crippen molar-refractivity contribution < 1.29 is 27.5 Å². The first-order valence-electron chi connectivity index (χ1n) is 13.6. The molecule has 9 nitrogen and oxygen atoms in total. The molecule has 1 atom stereocenters. The Labute approximate surface area is 245 Å². The van der Waals surface area contributed by atoms with E-state index in [1.165, 1.54) is 35.7 Å². The van der Waals surface area contributed by atoms with Gasteiger partial charge in [0.1, 0.15) is 6.04 Å². The van der Waals surface area contributed by atoms with E-state index >= 15 is 0 Å². The van der Waals surface area contributed by atoms with Gasteiger partial charge in [-0.05, 0) is 92.3 Å². The maximum atomic E-state index is 14.5. The Morgan fingerprint density at radius 1 is 1.00 bits per heavy atom. The number of fused-ring (bicyclic) bond motifs is 1. The van der Waals surface area contributed by atoms with Gasteiger partial charge in [0.05, 0.1) is 29.7 Å². The number of anilines is 1. The molecule has 0 saturated carbocycles. The Balaban J connectivity index is 1.56. The number of aromatic amines is 1. The number of ether oxygens (including phenoxy) is 1. The van der Waals surface area contributed by atoms with Crippen molar-refractivity contribution in [3.8, 4) is 0 Å². The largest absolute Gasteiger partial charge is 0.465 e. The van der Waals surface area contributed by atoms with E-state index in [0.29, 0.717) is 17.5 Å². The zero-order valence-electron chi connectivity index (χ0n) is 24.2. The first-order valence-corrected chi connectivity index (χ1v) is 15.1. The van der Waals surface area contributed by atoms with E-state index < -0.39 is 33.8 Å². The highest BCUT2D eigenvalue weighted by Gasteiger charge is 2.47. The fraction of sp³-hybridized carbons (Fsp3) is 0.281. The highest BCUT2D eigenvalue weighted by Crippen LogP contribution is 2.34. The van der Waals surface area contributed by atoms with Gasteiger partial charge in [0, 0.05) is 23.6 Å². The summed E-state index contributed by atoms with van der Waals surface area (Å²) in [5.41, 5.74) is 5.24. The minimum absolute atomic E-state index is 0.00510. The van der Waals surface area contributed by atoms with E-state index in [1.54, 1.807) is 13.8 Å². The zero-order chi connectivity index (χ0) is 30.3. The van der Waals surface area contributed by atoms with Crippen LogP contribution >= 0.6 is 0 Å². The number of benzene rings is 3. The van der Waals surface area contributed by atoms with Crippen molar-refractivity contribution in [2.45, 2.75) is 51.5 Å². The Kier molecular flexibility index (Phi) is 7.78. The zero-order valence-corrected chi connectivity index (χ0v) is 25.0. The van der Waals surface area contributed by atoms with Crippen molar-refractivity contribution in [1.29, 1.82) is 0 Å². The van der Waals surface area contributed by atoms with Gasteiger partial charge in [-0.1, -0.05) is 24.3 Å². The second-order valence-corrected chi connectivity index (χ2v) is 12.5. The Hall–Kier alpha value is -4.28. The molecule has 5 rings (SSSR count). The van der Waals surface area contributed by atoms with Crippen molar-refractivity contribution in [2.75, 3.05) is 18.6 Å². The number of amides is 2. The fourth-order valence-electron chi connectivity index (χ4n) is 5.67. The highest BCUT2D eigenvalue weighted by molar-refractivity contribution is 7.89. The molecule has 1 aliphatic rings. The summed E-state index contributed by atoms with van der Waals surface area (Å²) in [5.74, 6) is -1.70. The molecule has 0 aliphatic carbocycles. The molecule has 42 heavy (non-hydrogen) atoms. The number of carbonyl (C=O) groups excluding carboxylic acids is 3. The molecule has 1 fully saturated rings. The van der Waals surface area contributed by atoms with E-state index in [9.17, 15) is 22.8 Å². The summed E-state index contributed by atoms with van der Waals surface area (Å²) in [4.78, 5) is 43.4. The number of rotatable bonds is 8. The van der Waals surface area contributed by atoms with Crippen LogP contribution < -0.4 is 4.90 Å². The summed E-state index contributed by atoms with van der Waals surface area (Å²) in [5, 5.41) is 0.967. The van der Waals surface area contributed by atoms with Crippen LogP contribution in [0.25, 0.3) is 10.9 Å². The fourth-order valence-corrected chi connectivity index (χ4v) is 7.84. The molecule has 0 bridgehead atoms. The van der Waals surface area contributed by atoms with Gasteiger partial charge >= 0.3 is 5.97 Å². The van der Waals surface area contributed by atoms with Gasteiger partial charge in [0.15, 0.2) is 0 Å². The van der Waals surface area contributed by atoms with Crippen LogP contribution in [-0.4, -0.2) is 55.2 Å². The van der Waals surface area contributed by atoms with Crippen LogP contribution in [0, 0.1) is 27.7 Å². The standard InChI is InChI=1S/C32H33N3O6S/c1-19-16-20(2)22(4)30(21(19)3)42(39,40)34(15-14-24-18-33-27-9-7-6-8-26(24)27)28-17-29(36)35(31(28)37)25-12-10-23(11-13-25)32(38)41-5/h6-13,16,18,28,33H,14-15,17H2,1-5H3. The summed E-state index contributed by atoms with van der Waals surface area (Å²) in [6.45, 7) is 7.25. The first kappa shape index (κ1) is 29.2. The summed E-state index contributed by atoms with van der Waals surface area (Å²) in [6.07, 6.45) is 1.88. The number of nitrogens with one attached hydrogen (secondary N) is 1. The second-order valence-electron chi connectivity index (χ2n) is 10.6. The number of sulfonamides is 1. The molecule has 0 radical (unpaired) electrons. The van der Waals surface area contributed by atoms with Gasteiger partial charge < -0.3 is 9.72 Å². The van der Waals surface area contributed by atoms with Crippen LogP contribution in [-0.2, 0) is 30.8 Å². The van der Waals surface area contributed by atoms with Crippen molar-refractivity contribution in [3.63, 3.8) is 0 Å². The van der Waals surface area contributed by atoms with Crippen molar-refractivity contribution in [1.82, 2.24) is 9.29 Å². The number of methoxy groups -OCH3 is 1. The molecule has 3 aromatic carbocycles. The van der Waals surface area contributed by atoms with E-state index in [1.807, 2.05) is 50.4 Å². The number of H-pyrrole nitrogens is 1. The van der Waals surface area contributed by atoms with Crippen molar-refractivity contribution in [3.05, 3.63) is 94.2 Å². The maximum Gasteiger partial charge on any atom is 0.337 e. The number of aromatic nitrogens is 1. The number of imide groups is 1. The number of esters is 1. The summed E-state index contributed by atoms with van der Waals surface area (Å²) in [7, 11) is -2.96. The SMILES string of the molecule is COC(=O)c1ccc(N2C(=O)CC(N(CCc3c[nH]c4ccccc34)S(=O)(=O)c3c(C)c(C)cc(C)c3C)C2=O)cc1. The van der Waals surface area contributed by atoms with Crippen LogP contribution in [0.1, 0.15) is 44.6 Å². The number of carbonyl (C=O) groups is 3. The molecule has 1 aromatic heterocycles. The molecule has 1 unspecified atom stereocenters. The summed E-state index contributed by atoms with van der Waals surface area (Å²) >= 11 is 0. The van der Waals surface area contributed by atoms with Crippen LogP contribution in [0.2, 0.25) is 0 Å². The number of aryl methyl sites for hydroxylation is 2. The van der Waals surface area contributed by atoms with E-state index in [-0.39, 0.29) is 29.1 Å². The minimum atomic E-state index is -4.22.